The van der Waals surface area contributed by atoms with E-state index < -0.39 is 0 Å². The summed E-state index contributed by atoms with van der Waals surface area (Å²) in [7, 11) is 0. The lowest BCUT2D eigenvalue weighted by atomic mass is 9.90. The van der Waals surface area contributed by atoms with Crippen molar-refractivity contribution in [3.8, 4) is 56.4 Å². The summed E-state index contributed by atoms with van der Waals surface area (Å²) in [6.07, 6.45) is 0. The molecule has 2 heterocycles. The maximum Gasteiger partial charge on any atom is 0.164 e. The van der Waals surface area contributed by atoms with Crippen LogP contribution < -0.4 is 0 Å². The van der Waals surface area contributed by atoms with Crippen LogP contribution in [-0.2, 0) is 0 Å². The number of benzene rings is 9. The Morgan fingerprint density at radius 2 is 0.727 bits per heavy atom. The summed E-state index contributed by atoms with van der Waals surface area (Å²) < 4.78 is 6.23. The largest absolute Gasteiger partial charge is 0.456 e. The molecule has 0 radical (unpaired) electrons. The van der Waals surface area contributed by atoms with Gasteiger partial charge in [0.1, 0.15) is 11.2 Å². The number of furan rings is 1. The maximum atomic E-state index is 6.23. The molecule has 4 heteroatoms. The predicted octanol–water partition coefficient (Wildman–Crippen LogP) is 13.6. The SMILES string of the molecule is c1ccc(-c2nc(-c3ccccc3)nc(-c3ccc4c5cc(-c6cccc(-c7cccc8oc9ccccc9c78)c6)ccc5c5ccccc5c4c3)n2)cc1. The van der Waals surface area contributed by atoms with Crippen molar-refractivity contribution in [3.05, 3.63) is 188 Å². The van der Waals surface area contributed by atoms with Crippen molar-refractivity contribution >= 4 is 54.3 Å². The highest BCUT2D eigenvalue weighted by Crippen LogP contribution is 2.41. The van der Waals surface area contributed by atoms with Crippen LogP contribution in [0, 0.1) is 0 Å². The van der Waals surface area contributed by atoms with Crippen LogP contribution >= 0.6 is 0 Å². The van der Waals surface area contributed by atoms with Gasteiger partial charge in [0.2, 0.25) is 0 Å². The van der Waals surface area contributed by atoms with Gasteiger partial charge >= 0.3 is 0 Å². The number of rotatable bonds is 5. The molecule has 0 fully saturated rings. The number of nitrogens with zero attached hydrogens (tertiary/aromatic N) is 3. The van der Waals surface area contributed by atoms with Crippen molar-refractivity contribution in [2.45, 2.75) is 0 Å². The molecule has 0 atom stereocenters. The number of fused-ring (bicyclic) bond motifs is 9. The third-order valence-electron chi connectivity index (χ3n) is 10.7. The molecular weight excluding hydrogens is 671 g/mol. The number of hydrogen-bond acceptors (Lipinski definition) is 4. The first kappa shape index (κ1) is 31.1. The number of hydrogen-bond donors (Lipinski definition) is 0. The summed E-state index contributed by atoms with van der Waals surface area (Å²) in [4.78, 5) is 15.0. The molecule has 2 aromatic heterocycles. The fourth-order valence-electron chi connectivity index (χ4n) is 8.09. The van der Waals surface area contributed by atoms with Crippen molar-refractivity contribution in [1.82, 2.24) is 15.0 Å². The molecule has 0 saturated carbocycles. The Morgan fingerprint density at radius 1 is 0.273 bits per heavy atom. The molecule has 4 nitrogen and oxygen atoms in total. The van der Waals surface area contributed by atoms with Gasteiger partial charge in [-0.2, -0.15) is 0 Å². The van der Waals surface area contributed by atoms with E-state index in [2.05, 4.69) is 115 Å². The Hall–Kier alpha value is -7.43. The van der Waals surface area contributed by atoms with E-state index in [1.54, 1.807) is 0 Å². The van der Waals surface area contributed by atoms with Gasteiger partial charge in [0.25, 0.3) is 0 Å². The zero-order valence-electron chi connectivity index (χ0n) is 29.6. The lowest BCUT2D eigenvalue weighted by Crippen LogP contribution is -2.00. The lowest BCUT2D eigenvalue weighted by molar-refractivity contribution is 0.669. The normalized spacial score (nSPS) is 11.6. The van der Waals surface area contributed by atoms with E-state index in [0.717, 1.165) is 60.7 Å². The van der Waals surface area contributed by atoms with E-state index in [1.807, 2.05) is 72.8 Å². The molecule has 11 aromatic rings. The van der Waals surface area contributed by atoms with Gasteiger partial charge in [0.15, 0.2) is 17.5 Å². The zero-order valence-corrected chi connectivity index (χ0v) is 29.6. The van der Waals surface area contributed by atoms with E-state index in [9.17, 15) is 0 Å². The monoisotopic (exact) mass is 701 g/mol. The van der Waals surface area contributed by atoms with Gasteiger partial charge in [0.05, 0.1) is 0 Å². The number of aromatic nitrogens is 3. The first-order valence-electron chi connectivity index (χ1n) is 18.5. The van der Waals surface area contributed by atoms with Crippen molar-refractivity contribution in [3.63, 3.8) is 0 Å². The molecule has 0 aliphatic heterocycles. The van der Waals surface area contributed by atoms with Crippen LogP contribution in [0.1, 0.15) is 0 Å². The molecule has 256 valence electrons. The van der Waals surface area contributed by atoms with Crippen LogP contribution in [0.25, 0.3) is 111 Å². The van der Waals surface area contributed by atoms with E-state index in [0.29, 0.717) is 17.5 Å². The second-order valence-corrected chi connectivity index (χ2v) is 14.0. The van der Waals surface area contributed by atoms with Crippen molar-refractivity contribution in [1.29, 1.82) is 0 Å². The van der Waals surface area contributed by atoms with Crippen molar-refractivity contribution in [2.24, 2.45) is 0 Å². The van der Waals surface area contributed by atoms with Crippen LogP contribution in [0.2, 0.25) is 0 Å². The van der Waals surface area contributed by atoms with E-state index in [1.165, 1.54) is 32.5 Å². The fraction of sp³-hybridized carbons (Fsp3) is 0. The van der Waals surface area contributed by atoms with E-state index >= 15 is 0 Å². The molecule has 0 amide bonds. The predicted molar refractivity (Wildman–Crippen MR) is 227 cm³/mol. The molecule has 55 heavy (non-hydrogen) atoms. The summed E-state index contributed by atoms with van der Waals surface area (Å²) >= 11 is 0. The second kappa shape index (κ2) is 12.6. The maximum absolute atomic E-state index is 6.23. The summed E-state index contributed by atoms with van der Waals surface area (Å²) in [5.41, 5.74) is 9.30. The Kier molecular flexibility index (Phi) is 7.14. The minimum absolute atomic E-state index is 0.643. The summed E-state index contributed by atoms with van der Waals surface area (Å²) in [6, 6.07) is 65.9. The molecule has 0 saturated heterocycles. The molecule has 0 aliphatic carbocycles. The smallest absolute Gasteiger partial charge is 0.164 e. The Bertz CT molecular complexity index is 3200. The summed E-state index contributed by atoms with van der Waals surface area (Å²) in [5.74, 6) is 1.94. The summed E-state index contributed by atoms with van der Waals surface area (Å²) in [5, 5.41) is 9.46. The highest BCUT2D eigenvalue weighted by atomic mass is 16.3. The van der Waals surface area contributed by atoms with Crippen LogP contribution in [0.5, 0.6) is 0 Å². The molecule has 0 bridgehead atoms. The van der Waals surface area contributed by atoms with Gasteiger partial charge in [-0.15, -0.1) is 0 Å². The van der Waals surface area contributed by atoms with Gasteiger partial charge in [-0.05, 0) is 84.9 Å². The molecule has 0 aliphatic rings. The standard InChI is InChI=1S/C51H31N3O/c1-3-13-32(14-4-1)49-52-50(33-15-5-2-6-16-33)54-51(53-49)37-26-28-42-44-30-35(25-27-41(44)39-19-7-8-20-40(39)45(42)31-37)34-17-11-18-36(29-34)38-22-12-24-47-48(38)43-21-9-10-23-46(43)55-47/h1-31H. The van der Waals surface area contributed by atoms with E-state index in [4.69, 9.17) is 19.4 Å². The van der Waals surface area contributed by atoms with Crippen molar-refractivity contribution in [2.75, 3.05) is 0 Å². The Morgan fingerprint density at radius 3 is 1.44 bits per heavy atom. The minimum atomic E-state index is 0.643. The minimum Gasteiger partial charge on any atom is -0.456 e. The molecule has 0 unspecified atom stereocenters. The third-order valence-corrected chi connectivity index (χ3v) is 10.7. The molecule has 0 spiro atoms. The van der Waals surface area contributed by atoms with Crippen LogP contribution in [0.3, 0.4) is 0 Å². The molecular formula is C51H31N3O. The highest BCUT2D eigenvalue weighted by Gasteiger charge is 2.17. The average molecular weight is 702 g/mol. The quantitative estimate of drug-likeness (QED) is 0.168. The molecule has 11 rings (SSSR count). The van der Waals surface area contributed by atoms with Gasteiger partial charge in [-0.3, -0.25) is 0 Å². The van der Waals surface area contributed by atoms with E-state index in [-0.39, 0.29) is 0 Å². The Balaban J connectivity index is 1.08. The fourth-order valence-corrected chi connectivity index (χ4v) is 8.09. The molecule has 0 N–H and O–H groups in total. The van der Waals surface area contributed by atoms with Gasteiger partial charge in [-0.1, -0.05) is 158 Å². The van der Waals surface area contributed by atoms with Crippen LogP contribution in [0.4, 0.5) is 0 Å². The van der Waals surface area contributed by atoms with Crippen molar-refractivity contribution < 1.29 is 4.42 Å². The first-order valence-corrected chi connectivity index (χ1v) is 18.5. The van der Waals surface area contributed by atoms with Crippen LogP contribution in [-0.4, -0.2) is 15.0 Å². The Labute approximate surface area is 317 Å². The van der Waals surface area contributed by atoms with Gasteiger partial charge in [-0.25, -0.2) is 15.0 Å². The third kappa shape index (κ3) is 5.26. The average Bonchev–Trinajstić information content (AvgIpc) is 3.66. The summed E-state index contributed by atoms with van der Waals surface area (Å²) in [6.45, 7) is 0. The topological polar surface area (TPSA) is 51.8 Å². The van der Waals surface area contributed by atoms with Crippen LogP contribution in [0.15, 0.2) is 192 Å². The first-order chi connectivity index (χ1) is 27.2. The number of para-hydroxylation sites is 1. The molecule has 9 aromatic carbocycles. The van der Waals surface area contributed by atoms with Gasteiger partial charge in [0, 0.05) is 27.5 Å². The lowest BCUT2D eigenvalue weighted by Gasteiger charge is -2.14. The zero-order chi connectivity index (χ0) is 36.3. The van der Waals surface area contributed by atoms with Gasteiger partial charge < -0.3 is 4.42 Å². The highest BCUT2D eigenvalue weighted by molar-refractivity contribution is 6.26. The second-order valence-electron chi connectivity index (χ2n) is 14.0.